The molecule has 22 heavy (non-hydrogen) atoms. The zero-order valence-electron chi connectivity index (χ0n) is 12.9. The number of aryl methyl sites for hydroxylation is 3. The Balaban J connectivity index is 2.42. The fraction of sp³-hybridized carbons (Fsp3) is 0.333. The highest BCUT2D eigenvalue weighted by molar-refractivity contribution is 5.94. The minimum atomic E-state index is -0.634. The van der Waals surface area contributed by atoms with Gasteiger partial charge < -0.3 is 4.74 Å². The molecule has 2 heterocycles. The van der Waals surface area contributed by atoms with E-state index in [0.29, 0.717) is 5.65 Å². The predicted octanol–water partition coefficient (Wildman–Crippen LogP) is 1.37. The Kier molecular flexibility index (Phi) is 3.20. The van der Waals surface area contributed by atoms with Gasteiger partial charge >= 0.3 is 11.7 Å². The maximum atomic E-state index is 12.4. The average molecular weight is 300 g/mol. The van der Waals surface area contributed by atoms with E-state index in [4.69, 9.17) is 4.74 Å². The smallest absolute Gasteiger partial charge is 0.378 e. The van der Waals surface area contributed by atoms with E-state index in [1.54, 1.807) is 14.0 Å². The topological polar surface area (TPSA) is 78.5 Å². The molecule has 0 saturated heterocycles. The second-order valence-electron chi connectivity index (χ2n) is 5.19. The number of fused-ring (bicyclic) bond motifs is 3. The van der Waals surface area contributed by atoms with Crippen LogP contribution in [-0.2, 0) is 11.8 Å². The standard InChI is InChI=1S/C15H16N4O3/c1-5-22-14(20)12-16-13-10-6-8(2)9(3)7-11(10)18(4)15(21)19(13)17-12/h6-7H,5H2,1-4H3. The molecule has 3 aromatic rings. The molecule has 0 bridgehead atoms. The van der Waals surface area contributed by atoms with Crippen molar-refractivity contribution in [3.8, 4) is 0 Å². The highest BCUT2D eigenvalue weighted by atomic mass is 16.5. The summed E-state index contributed by atoms with van der Waals surface area (Å²) in [5, 5.41) is 4.76. The zero-order chi connectivity index (χ0) is 16.0. The number of rotatable bonds is 2. The molecule has 0 fully saturated rings. The molecule has 0 atom stereocenters. The van der Waals surface area contributed by atoms with Crippen molar-refractivity contribution in [2.24, 2.45) is 7.05 Å². The van der Waals surface area contributed by atoms with Crippen molar-refractivity contribution in [3.63, 3.8) is 0 Å². The predicted molar refractivity (Wildman–Crippen MR) is 81.2 cm³/mol. The summed E-state index contributed by atoms with van der Waals surface area (Å²) in [5.74, 6) is -0.741. The molecule has 0 N–H and O–H groups in total. The van der Waals surface area contributed by atoms with E-state index in [2.05, 4.69) is 10.1 Å². The molecule has 0 saturated carbocycles. The maximum Gasteiger partial charge on any atom is 0.378 e. The highest BCUT2D eigenvalue weighted by Gasteiger charge is 2.19. The van der Waals surface area contributed by atoms with E-state index in [1.165, 1.54) is 4.57 Å². The van der Waals surface area contributed by atoms with Gasteiger partial charge in [-0.2, -0.15) is 4.52 Å². The van der Waals surface area contributed by atoms with Crippen LogP contribution in [0.5, 0.6) is 0 Å². The molecule has 0 unspecified atom stereocenters. The van der Waals surface area contributed by atoms with Gasteiger partial charge in [-0.3, -0.25) is 4.57 Å². The maximum absolute atomic E-state index is 12.4. The number of hydrogen-bond acceptors (Lipinski definition) is 5. The molecule has 0 aliphatic heterocycles. The van der Waals surface area contributed by atoms with Gasteiger partial charge in [0.2, 0.25) is 0 Å². The van der Waals surface area contributed by atoms with E-state index in [-0.39, 0.29) is 18.1 Å². The number of esters is 1. The van der Waals surface area contributed by atoms with Crippen LogP contribution in [0.3, 0.4) is 0 Å². The van der Waals surface area contributed by atoms with Crippen LogP contribution in [0.4, 0.5) is 0 Å². The zero-order valence-corrected chi connectivity index (χ0v) is 12.9. The van der Waals surface area contributed by atoms with Crippen LogP contribution < -0.4 is 5.69 Å². The summed E-state index contributed by atoms with van der Waals surface area (Å²) >= 11 is 0. The molecule has 114 valence electrons. The van der Waals surface area contributed by atoms with Crippen molar-refractivity contribution in [2.45, 2.75) is 20.8 Å². The minimum absolute atomic E-state index is 0.107. The Hall–Kier alpha value is -2.70. The summed E-state index contributed by atoms with van der Waals surface area (Å²) < 4.78 is 7.54. The first kappa shape index (κ1) is 14.2. The molecule has 0 radical (unpaired) electrons. The van der Waals surface area contributed by atoms with Gasteiger partial charge in [0.25, 0.3) is 5.82 Å². The Labute approximate surface area is 126 Å². The second-order valence-corrected chi connectivity index (χ2v) is 5.19. The molecular formula is C15H16N4O3. The molecule has 0 aliphatic carbocycles. The van der Waals surface area contributed by atoms with Gasteiger partial charge in [0.1, 0.15) is 0 Å². The summed E-state index contributed by atoms with van der Waals surface area (Å²) in [7, 11) is 1.67. The van der Waals surface area contributed by atoms with Crippen molar-refractivity contribution < 1.29 is 9.53 Å². The summed E-state index contributed by atoms with van der Waals surface area (Å²) in [6, 6.07) is 3.88. The van der Waals surface area contributed by atoms with Gasteiger partial charge in [-0.25, -0.2) is 14.6 Å². The third-order valence-corrected chi connectivity index (χ3v) is 3.75. The molecule has 7 nitrogen and oxygen atoms in total. The average Bonchev–Trinajstić information content (AvgIpc) is 2.93. The number of benzene rings is 1. The number of aromatic nitrogens is 4. The van der Waals surface area contributed by atoms with Crippen LogP contribution in [0, 0.1) is 13.8 Å². The quantitative estimate of drug-likeness (QED) is 0.668. The summed E-state index contributed by atoms with van der Waals surface area (Å²) in [5.41, 5.74) is 2.92. The fourth-order valence-corrected chi connectivity index (χ4v) is 2.40. The summed E-state index contributed by atoms with van der Waals surface area (Å²) in [4.78, 5) is 28.4. The van der Waals surface area contributed by atoms with Crippen molar-refractivity contribution in [2.75, 3.05) is 6.61 Å². The monoisotopic (exact) mass is 300 g/mol. The van der Waals surface area contributed by atoms with E-state index in [9.17, 15) is 9.59 Å². The van der Waals surface area contributed by atoms with E-state index in [1.807, 2.05) is 26.0 Å². The van der Waals surface area contributed by atoms with Crippen molar-refractivity contribution in [3.05, 3.63) is 39.6 Å². The fourth-order valence-electron chi connectivity index (χ4n) is 2.40. The van der Waals surface area contributed by atoms with Crippen LogP contribution >= 0.6 is 0 Å². The number of carbonyl (C=O) groups excluding carboxylic acids is 1. The van der Waals surface area contributed by atoms with E-state index >= 15 is 0 Å². The largest absolute Gasteiger partial charge is 0.460 e. The molecule has 1 aromatic carbocycles. The number of ether oxygens (including phenoxy) is 1. The summed E-state index contributed by atoms with van der Waals surface area (Å²) in [6.07, 6.45) is 0. The van der Waals surface area contributed by atoms with Gasteiger partial charge in [0.05, 0.1) is 12.1 Å². The summed E-state index contributed by atoms with van der Waals surface area (Å²) in [6.45, 7) is 5.90. The van der Waals surface area contributed by atoms with E-state index < -0.39 is 5.97 Å². The van der Waals surface area contributed by atoms with Gasteiger partial charge in [0.15, 0.2) is 5.65 Å². The van der Waals surface area contributed by atoms with Crippen molar-refractivity contribution in [1.29, 1.82) is 0 Å². The third kappa shape index (κ3) is 1.97. The Bertz CT molecular complexity index is 968. The first-order valence-corrected chi connectivity index (χ1v) is 6.98. The van der Waals surface area contributed by atoms with Crippen LogP contribution in [0.15, 0.2) is 16.9 Å². The number of carbonyl (C=O) groups is 1. The van der Waals surface area contributed by atoms with Gasteiger partial charge in [0, 0.05) is 12.4 Å². The number of hydrogen-bond donors (Lipinski definition) is 0. The molecule has 3 rings (SSSR count). The number of nitrogens with zero attached hydrogens (tertiary/aromatic N) is 4. The highest BCUT2D eigenvalue weighted by Crippen LogP contribution is 2.21. The molecule has 7 heteroatoms. The van der Waals surface area contributed by atoms with Gasteiger partial charge in [-0.15, -0.1) is 5.10 Å². The molecule has 0 amide bonds. The second kappa shape index (κ2) is 4.94. The van der Waals surface area contributed by atoms with Crippen LogP contribution in [-0.4, -0.2) is 31.7 Å². The normalized spacial score (nSPS) is 11.3. The molecule has 0 aliphatic rings. The lowest BCUT2D eigenvalue weighted by Gasteiger charge is -2.08. The SMILES string of the molecule is CCOC(=O)c1nc2c3cc(C)c(C)cc3n(C)c(=O)n2n1. The van der Waals surface area contributed by atoms with Crippen LogP contribution in [0.2, 0.25) is 0 Å². The Morgan fingerprint density at radius 3 is 2.64 bits per heavy atom. The lowest BCUT2D eigenvalue weighted by molar-refractivity contribution is 0.0512. The third-order valence-electron chi connectivity index (χ3n) is 3.75. The van der Waals surface area contributed by atoms with Crippen LogP contribution in [0.25, 0.3) is 16.6 Å². The minimum Gasteiger partial charge on any atom is -0.460 e. The van der Waals surface area contributed by atoms with Crippen molar-refractivity contribution in [1.82, 2.24) is 19.2 Å². The lowest BCUT2D eigenvalue weighted by Crippen LogP contribution is -2.25. The van der Waals surface area contributed by atoms with E-state index in [0.717, 1.165) is 26.5 Å². The first-order chi connectivity index (χ1) is 10.4. The lowest BCUT2D eigenvalue weighted by atomic mass is 10.1. The molecule has 2 aromatic heterocycles. The molecular weight excluding hydrogens is 284 g/mol. The Morgan fingerprint density at radius 1 is 1.27 bits per heavy atom. The van der Waals surface area contributed by atoms with Crippen molar-refractivity contribution >= 4 is 22.5 Å². The van der Waals surface area contributed by atoms with Gasteiger partial charge in [-0.05, 0) is 44.0 Å². The van der Waals surface area contributed by atoms with Gasteiger partial charge in [-0.1, -0.05) is 0 Å². The molecule has 0 spiro atoms. The Morgan fingerprint density at radius 2 is 1.95 bits per heavy atom. The van der Waals surface area contributed by atoms with Crippen LogP contribution in [0.1, 0.15) is 28.7 Å². The first-order valence-electron chi connectivity index (χ1n) is 6.98.